The largest absolute Gasteiger partial charge is 0.392 e. The summed E-state index contributed by atoms with van der Waals surface area (Å²) >= 11 is 0. The van der Waals surface area contributed by atoms with Gasteiger partial charge in [-0.05, 0) is 30.5 Å². The van der Waals surface area contributed by atoms with Crippen LogP contribution in [-0.4, -0.2) is 11.7 Å². The van der Waals surface area contributed by atoms with Crippen LogP contribution < -0.4 is 0 Å². The molecule has 0 fully saturated rings. The number of hydrogen-bond donors (Lipinski definition) is 1. The highest BCUT2D eigenvalue weighted by Gasteiger charge is 1.95. The van der Waals surface area contributed by atoms with E-state index in [0.29, 0.717) is 0 Å². The van der Waals surface area contributed by atoms with Gasteiger partial charge >= 0.3 is 0 Å². The topological polar surface area (TPSA) is 20.2 Å². The molecule has 0 amide bonds. The van der Waals surface area contributed by atoms with E-state index in [0.717, 1.165) is 17.6 Å². The number of aliphatic hydroxyl groups excluding tert-OH is 1. The summed E-state index contributed by atoms with van der Waals surface area (Å²) in [6, 6.07) is 8.01. The third-order valence-electron chi connectivity index (χ3n) is 2.04. The first-order valence-electron chi connectivity index (χ1n) is 5.25. The fraction of sp³-hybridized carbons (Fsp3) is 0.200. The molecule has 1 N–H and O–H groups in total. The Morgan fingerprint density at radius 3 is 2.81 bits per heavy atom. The van der Waals surface area contributed by atoms with Crippen LogP contribution in [0.1, 0.15) is 18.1 Å². The SMILES string of the molecule is C=C(C)C#Cc1ccccc1C/C=C/CO. The van der Waals surface area contributed by atoms with Crippen molar-refractivity contribution in [3.05, 3.63) is 59.7 Å². The maximum atomic E-state index is 8.66. The minimum Gasteiger partial charge on any atom is -0.392 e. The molecule has 0 atom stereocenters. The first kappa shape index (κ1) is 12.3. The molecule has 0 aliphatic carbocycles. The Balaban J connectivity index is 2.88. The Kier molecular flexibility index (Phi) is 5.11. The highest BCUT2D eigenvalue weighted by molar-refractivity contribution is 5.45. The summed E-state index contributed by atoms with van der Waals surface area (Å²) < 4.78 is 0. The maximum Gasteiger partial charge on any atom is 0.0612 e. The predicted octanol–water partition coefficient (Wildman–Crippen LogP) is 2.71. The molecule has 0 aliphatic heterocycles. The lowest BCUT2D eigenvalue weighted by Crippen LogP contribution is -1.87. The van der Waals surface area contributed by atoms with E-state index in [2.05, 4.69) is 18.4 Å². The molecule has 1 aromatic rings. The average Bonchev–Trinajstić information content (AvgIpc) is 2.28. The van der Waals surface area contributed by atoms with Gasteiger partial charge in [-0.2, -0.15) is 0 Å². The van der Waals surface area contributed by atoms with Gasteiger partial charge in [-0.25, -0.2) is 0 Å². The van der Waals surface area contributed by atoms with E-state index >= 15 is 0 Å². The van der Waals surface area contributed by atoms with Crippen molar-refractivity contribution in [3.8, 4) is 11.8 Å². The standard InChI is InChI=1S/C15H16O/c1-13(2)10-11-15-8-4-3-7-14(15)9-5-6-12-16/h3-8,16H,1,9,12H2,2H3/b6-5+. The van der Waals surface area contributed by atoms with E-state index in [4.69, 9.17) is 5.11 Å². The summed E-state index contributed by atoms with van der Waals surface area (Å²) in [6.45, 7) is 5.73. The van der Waals surface area contributed by atoms with Crippen molar-refractivity contribution in [3.63, 3.8) is 0 Å². The van der Waals surface area contributed by atoms with Crippen LogP contribution in [0.25, 0.3) is 0 Å². The highest BCUT2D eigenvalue weighted by Crippen LogP contribution is 2.08. The lowest BCUT2D eigenvalue weighted by molar-refractivity contribution is 0.342. The van der Waals surface area contributed by atoms with Crippen LogP contribution in [0.15, 0.2) is 48.6 Å². The number of rotatable bonds is 3. The van der Waals surface area contributed by atoms with Gasteiger partial charge in [0.25, 0.3) is 0 Å². The Morgan fingerprint density at radius 2 is 2.12 bits per heavy atom. The van der Waals surface area contributed by atoms with E-state index in [1.807, 2.05) is 37.3 Å². The Bertz CT molecular complexity index is 444. The molecule has 0 saturated carbocycles. The third kappa shape index (κ3) is 4.16. The molecule has 0 aliphatic rings. The first-order valence-corrected chi connectivity index (χ1v) is 5.25. The van der Waals surface area contributed by atoms with Gasteiger partial charge in [0, 0.05) is 5.56 Å². The second kappa shape index (κ2) is 6.66. The zero-order chi connectivity index (χ0) is 11.8. The quantitative estimate of drug-likeness (QED) is 0.603. The van der Waals surface area contributed by atoms with Crippen LogP contribution in [0.2, 0.25) is 0 Å². The lowest BCUT2D eigenvalue weighted by Gasteiger charge is -2.00. The van der Waals surface area contributed by atoms with Gasteiger partial charge < -0.3 is 5.11 Å². The summed E-state index contributed by atoms with van der Waals surface area (Å²) in [5.74, 6) is 6.07. The van der Waals surface area contributed by atoms with Gasteiger partial charge in [0.1, 0.15) is 0 Å². The van der Waals surface area contributed by atoms with E-state index < -0.39 is 0 Å². The molecule has 1 heteroatoms. The van der Waals surface area contributed by atoms with Crippen molar-refractivity contribution in [2.45, 2.75) is 13.3 Å². The molecule has 1 rings (SSSR count). The van der Waals surface area contributed by atoms with Crippen LogP contribution in [0.3, 0.4) is 0 Å². The minimum absolute atomic E-state index is 0.0829. The average molecular weight is 212 g/mol. The molecule has 0 unspecified atom stereocenters. The van der Waals surface area contributed by atoms with Crippen molar-refractivity contribution in [2.75, 3.05) is 6.61 Å². The number of benzene rings is 1. The molecule has 16 heavy (non-hydrogen) atoms. The molecule has 0 aromatic heterocycles. The monoisotopic (exact) mass is 212 g/mol. The third-order valence-corrected chi connectivity index (χ3v) is 2.04. The van der Waals surface area contributed by atoms with Crippen molar-refractivity contribution < 1.29 is 5.11 Å². The fourth-order valence-electron chi connectivity index (χ4n) is 1.28. The van der Waals surface area contributed by atoms with Crippen LogP contribution in [0.5, 0.6) is 0 Å². The zero-order valence-corrected chi connectivity index (χ0v) is 9.53. The molecule has 0 saturated heterocycles. The molecule has 0 radical (unpaired) electrons. The van der Waals surface area contributed by atoms with E-state index in [1.165, 1.54) is 5.56 Å². The highest BCUT2D eigenvalue weighted by atomic mass is 16.2. The molecule has 1 nitrogen and oxygen atoms in total. The molecule has 0 heterocycles. The zero-order valence-electron chi connectivity index (χ0n) is 9.53. The fourth-order valence-corrected chi connectivity index (χ4v) is 1.28. The second-order valence-corrected chi connectivity index (χ2v) is 3.55. The van der Waals surface area contributed by atoms with Gasteiger partial charge in [-0.3, -0.25) is 0 Å². The molecular formula is C15H16O. The lowest BCUT2D eigenvalue weighted by atomic mass is 10.0. The summed E-state index contributed by atoms with van der Waals surface area (Å²) in [5, 5.41) is 8.66. The van der Waals surface area contributed by atoms with Crippen LogP contribution >= 0.6 is 0 Å². The number of allylic oxidation sites excluding steroid dienone is 2. The van der Waals surface area contributed by atoms with E-state index in [1.54, 1.807) is 6.08 Å². The van der Waals surface area contributed by atoms with E-state index in [9.17, 15) is 0 Å². The summed E-state index contributed by atoms with van der Waals surface area (Å²) in [4.78, 5) is 0. The van der Waals surface area contributed by atoms with E-state index in [-0.39, 0.29) is 6.61 Å². The minimum atomic E-state index is 0.0829. The second-order valence-electron chi connectivity index (χ2n) is 3.55. The van der Waals surface area contributed by atoms with Crippen molar-refractivity contribution >= 4 is 0 Å². The summed E-state index contributed by atoms with van der Waals surface area (Å²) in [6.07, 6.45) is 4.48. The molecule has 0 spiro atoms. The molecular weight excluding hydrogens is 196 g/mol. The van der Waals surface area contributed by atoms with Crippen LogP contribution in [0.4, 0.5) is 0 Å². The molecule has 1 aromatic carbocycles. The van der Waals surface area contributed by atoms with Gasteiger partial charge in [-0.15, -0.1) is 0 Å². The van der Waals surface area contributed by atoms with Crippen molar-refractivity contribution in [1.82, 2.24) is 0 Å². The van der Waals surface area contributed by atoms with Gasteiger partial charge in [0.15, 0.2) is 0 Å². The number of hydrogen-bond acceptors (Lipinski definition) is 1. The molecule has 82 valence electrons. The first-order chi connectivity index (χ1) is 7.74. The summed E-state index contributed by atoms with van der Waals surface area (Å²) in [5.41, 5.74) is 3.05. The number of aliphatic hydroxyl groups is 1. The van der Waals surface area contributed by atoms with Gasteiger partial charge in [-0.1, -0.05) is 48.8 Å². The Labute approximate surface area is 97.1 Å². The Hall–Kier alpha value is -1.78. The summed E-state index contributed by atoms with van der Waals surface area (Å²) in [7, 11) is 0. The maximum absolute atomic E-state index is 8.66. The van der Waals surface area contributed by atoms with Gasteiger partial charge in [0.05, 0.1) is 6.61 Å². The van der Waals surface area contributed by atoms with Crippen LogP contribution in [-0.2, 0) is 6.42 Å². The smallest absolute Gasteiger partial charge is 0.0612 e. The van der Waals surface area contributed by atoms with Crippen LogP contribution in [0, 0.1) is 11.8 Å². The normalized spacial score (nSPS) is 9.88. The predicted molar refractivity (Wildman–Crippen MR) is 68.1 cm³/mol. The van der Waals surface area contributed by atoms with Crippen molar-refractivity contribution in [2.24, 2.45) is 0 Å². The van der Waals surface area contributed by atoms with Gasteiger partial charge in [0.2, 0.25) is 0 Å². The Morgan fingerprint density at radius 1 is 1.38 bits per heavy atom. The van der Waals surface area contributed by atoms with Crippen molar-refractivity contribution in [1.29, 1.82) is 0 Å². The molecule has 0 bridgehead atoms.